The number of rotatable bonds is 11. The molecule has 0 saturated heterocycles. The van der Waals surface area contributed by atoms with Crippen molar-refractivity contribution in [3.05, 3.63) is 65.7 Å². The molecule has 0 aliphatic rings. The first-order chi connectivity index (χ1) is 13.6. The highest BCUT2D eigenvalue weighted by Gasteiger charge is 2.12. The third-order valence-corrected chi connectivity index (χ3v) is 4.56. The van der Waals surface area contributed by atoms with Gasteiger partial charge in [0.15, 0.2) is 5.78 Å². The van der Waals surface area contributed by atoms with Crippen molar-refractivity contribution in [2.45, 2.75) is 51.9 Å². The molecule has 0 aliphatic heterocycles. The first-order valence-corrected chi connectivity index (χ1v) is 10.0. The van der Waals surface area contributed by atoms with Gasteiger partial charge in [0.2, 0.25) is 5.91 Å². The number of hydrogen-bond acceptors (Lipinski definition) is 3. The van der Waals surface area contributed by atoms with Gasteiger partial charge in [-0.15, -0.1) is 0 Å². The molecule has 0 bridgehead atoms. The summed E-state index contributed by atoms with van der Waals surface area (Å²) < 4.78 is 0. The lowest BCUT2D eigenvalue weighted by Gasteiger charge is -2.09. The molecule has 0 saturated carbocycles. The second kappa shape index (κ2) is 11.8. The molecule has 2 aromatic rings. The van der Waals surface area contributed by atoms with Crippen LogP contribution in [-0.4, -0.2) is 16.8 Å². The average molecular weight is 380 g/mol. The topological polar surface area (TPSA) is 66.4 Å². The van der Waals surface area contributed by atoms with Crippen LogP contribution in [0.5, 0.6) is 5.75 Å². The van der Waals surface area contributed by atoms with Crippen LogP contribution in [0, 0.1) is 0 Å². The molecular formula is C24H29NO3. The minimum Gasteiger partial charge on any atom is -0.508 e. The molecule has 4 heteroatoms. The molecule has 0 radical (unpaired) electrons. The number of hydrogen-bond donors (Lipinski definition) is 2. The standard InChI is InChI=1S/C24H29NO3/c1-2-3-4-5-6-7-12-23(27)21-10-8-9-11-22(21)25-24(28)18-15-19-13-16-20(26)17-14-19/h8-11,13-18,26H,2-7,12H2,1H3,(H,25,28). The van der Waals surface area contributed by atoms with Gasteiger partial charge < -0.3 is 10.4 Å². The third-order valence-electron chi connectivity index (χ3n) is 4.56. The number of para-hydroxylation sites is 1. The molecule has 0 aliphatic carbocycles. The number of aromatic hydroxyl groups is 1. The Bertz CT molecular complexity index is 794. The minimum absolute atomic E-state index is 0.0638. The summed E-state index contributed by atoms with van der Waals surface area (Å²) in [4.78, 5) is 24.8. The molecule has 28 heavy (non-hydrogen) atoms. The van der Waals surface area contributed by atoms with Gasteiger partial charge in [-0.1, -0.05) is 63.3 Å². The van der Waals surface area contributed by atoms with Crippen LogP contribution in [0.25, 0.3) is 6.08 Å². The Morgan fingerprint density at radius 1 is 0.929 bits per heavy atom. The molecule has 2 aromatic carbocycles. The molecule has 0 unspecified atom stereocenters. The number of ketones is 1. The largest absolute Gasteiger partial charge is 0.508 e. The zero-order valence-electron chi connectivity index (χ0n) is 16.5. The highest BCUT2D eigenvalue weighted by molar-refractivity contribution is 6.08. The summed E-state index contributed by atoms with van der Waals surface area (Å²) in [6, 6.07) is 13.7. The highest BCUT2D eigenvalue weighted by Crippen LogP contribution is 2.19. The number of nitrogens with one attached hydrogen (secondary N) is 1. The average Bonchev–Trinajstić information content (AvgIpc) is 2.70. The van der Waals surface area contributed by atoms with Gasteiger partial charge in [0, 0.05) is 18.1 Å². The number of benzene rings is 2. The van der Waals surface area contributed by atoms with E-state index in [1.54, 1.807) is 48.5 Å². The van der Waals surface area contributed by atoms with Gasteiger partial charge in [0.25, 0.3) is 0 Å². The second-order valence-corrected chi connectivity index (χ2v) is 6.90. The fourth-order valence-electron chi connectivity index (χ4n) is 2.97. The van der Waals surface area contributed by atoms with E-state index in [-0.39, 0.29) is 17.4 Å². The Morgan fingerprint density at radius 3 is 2.36 bits per heavy atom. The van der Waals surface area contributed by atoms with Gasteiger partial charge in [0.05, 0.1) is 5.69 Å². The van der Waals surface area contributed by atoms with Crippen molar-refractivity contribution in [1.29, 1.82) is 0 Å². The molecule has 4 nitrogen and oxygen atoms in total. The molecular weight excluding hydrogens is 350 g/mol. The molecule has 2 N–H and O–H groups in total. The van der Waals surface area contributed by atoms with Crippen LogP contribution in [-0.2, 0) is 4.79 Å². The fraction of sp³-hybridized carbons (Fsp3) is 0.333. The van der Waals surface area contributed by atoms with Gasteiger partial charge in [0.1, 0.15) is 5.75 Å². The number of Topliss-reactive ketones (excluding diaryl/α,β-unsaturated/α-hetero) is 1. The van der Waals surface area contributed by atoms with Gasteiger partial charge in [-0.2, -0.15) is 0 Å². The van der Waals surface area contributed by atoms with Gasteiger partial charge in [-0.25, -0.2) is 0 Å². The van der Waals surface area contributed by atoms with Gasteiger partial charge in [-0.05, 0) is 42.3 Å². The number of unbranched alkanes of at least 4 members (excludes halogenated alkanes) is 5. The van der Waals surface area contributed by atoms with Crippen molar-refractivity contribution in [3.63, 3.8) is 0 Å². The van der Waals surface area contributed by atoms with Crippen molar-refractivity contribution in [3.8, 4) is 5.75 Å². The quantitative estimate of drug-likeness (QED) is 0.287. The summed E-state index contributed by atoms with van der Waals surface area (Å²) in [6.45, 7) is 2.19. The number of carbonyl (C=O) groups is 2. The van der Waals surface area contributed by atoms with Crippen LogP contribution in [0.15, 0.2) is 54.6 Å². The predicted octanol–water partition coefficient (Wildman–Crippen LogP) is 5.98. The smallest absolute Gasteiger partial charge is 0.248 e. The van der Waals surface area contributed by atoms with E-state index >= 15 is 0 Å². The monoisotopic (exact) mass is 379 g/mol. The van der Waals surface area contributed by atoms with Crippen LogP contribution < -0.4 is 5.32 Å². The number of carbonyl (C=O) groups excluding carboxylic acids is 2. The summed E-state index contributed by atoms with van der Waals surface area (Å²) in [5, 5.41) is 12.1. The molecule has 0 spiro atoms. The first-order valence-electron chi connectivity index (χ1n) is 10.0. The molecule has 2 rings (SSSR count). The van der Waals surface area contributed by atoms with Crippen molar-refractivity contribution in [2.24, 2.45) is 0 Å². The first kappa shape index (κ1) is 21.4. The summed E-state index contributed by atoms with van der Waals surface area (Å²) in [6.07, 6.45) is 10.4. The summed E-state index contributed by atoms with van der Waals surface area (Å²) in [5.41, 5.74) is 1.90. The fourth-order valence-corrected chi connectivity index (χ4v) is 2.97. The number of amides is 1. The summed E-state index contributed by atoms with van der Waals surface area (Å²) in [7, 11) is 0. The maximum Gasteiger partial charge on any atom is 0.248 e. The van der Waals surface area contributed by atoms with Crippen molar-refractivity contribution in [1.82, 2.24) is 0 Å². The maximum absolute atomic E-state index is 12.6. The lowest BCUT2D eigenvalue weighted by atomic mass is 10.0. The van der Waals surface area contributed by atoms with E-state index < -0.39 is 0 Å². The minimum atomic E-state index is -0.298. The van der Waals surface area contributed by atoms with Crippen molar-refractivity contribution < 1.29 is 14.7 Å². The SMILES string of the molecule is CCCCCCCCC(=O)c1ccccc1NC(=O)C=Cc1ccc(O)cc1. The Kier molecular flexibility index (Phi) is 8.99. The van der Waals surface area contributed by atoms with E-state index in [0.29, 0.717) is 17.7 Å². The van der Waals surface area contributed by atoms with Gasteiger partial charge >= 0.3 is 0 Å². The van der Waals surface area contributed by atoms with E-state index in [4.69, 9.17) is 0 Å². The number of anilines is 1. The second-order valence-electron chi connectivity index (χ2n) is 6.90. The van der Waals surface area contributed by atoms with Gasteiger partial charge in [-0.3, -0.25) is 9.59 Å². The lowest BCUT2D eigenvalue weighted by Crippen LogP contribution is -2.12. The van der Waals surface area contributed by atoms with Crippen LogP contribution in [0.4, 0.5) is 5.69 Å². The number of phenolic OH excluding ortho intramolecular Hbond substituents is 1. The van der Waals surface area contributed by atoms with E-state index in [1.165, 1.54) is 31.8 Å². The molecule has 1 amide bonds. The highest BCUT2D eigenvalue weighted by atomic mass is 16.3. The van der Waals surface area contributed by atoms with Crippen LogP contribution in [0.1, 0.15) is 67.8 Å². The molecule has 148 valence electrons. The molecule has 0 heterocycles. The lowest BCUT2D eigenvalue weighted by molar-refractivity contribution is -0.111. The van der Waals surface area contributed by atoms with E-state index in [0.717, 1.165) is 18.4 Å². The zero-order chi connectivity index (χ0) is 20.2. The Morgan fingerprint density at radius 2 is 1.61 bits per heavy atom. The Balaban J connectivity index is 1.90. The van der Waals surface area contributed by atoms with Crippen LogP contribution in [0.3, 0.4) is 0 Å². The van der Waals surface area contributed by atoms with E-state index in [1.807, 2.05) is 6.07 Å². The summed E-state index contributed by atoms with van der Waals surface area (Å²) in [5.74, 6) is -0.0544. The van der Waals surface area contributed by atoms with Crippen molar-refractivity contribution in [2.75, 3.05) is 5.32 Å². The van der Waals surface area contributed by atoms with Crippen LogP contribution in [0.2, 0.25) is 0 Å². The zero-order valence-corrected chi connectivity index (χ0v) is 16.5. The Labute approximate surface area is 167 Å². The number of phenols is 1. The molecule has 0 aromatic heterocycles. The van der Waals surface area contributed by atoms with E-state index in [9.17, 15) is 14.7 Å². The normalized spacial score (nSPS) is 10.9. The Hall–Kier alpha value is -2.88. The third kappa shape index (κ3) is 7.39. The maximum atomic E-state index is 12.6. The predicted molar refractivity (Wildman–Crippen MR) is 115 cm³/mol. The van der Waals surface area contributed by atoms with Crippen molar-refractivity contribution >= 4 is 23.5 Å². The van der Waals surface area contributed by atoms with E-state index in [2.05, 4.69) is 12.2 Å². The molecule has 0 atom stereocenters. The summed E-state index contributed by atoms with van der Waals surface area (Å²) >= 11 is 0. The van der Waals surface area contributed by atoms with Crippen LogP contribution >= 0.6 is 0 Å². The molecule has 0 fully saturated rings.